The fourth-order valence-corrected chi connectivity index (χ4v) is 4.34. The predicted octanol–water partition coefficient (Wildman–Crippen LogP) is 3.01. The second-order valence-electron chi connectivity index (χ2n) is 5.39. The molecule has 0 unspecified atom stereocenters. The van der Waals surface area contributed by atoms with Gasteiger partial charge in [0, 0.05) is 24.7 Å². The number of sulfonamides is 1. The van der Waals surface area contributed by atoms with E-state index in [9.17, 15) is 8.42 Å². The van der Waals surface area contributed by atoms with Crippen LogP contribution in [-0.4, -0.2) is 32.4 Å². The van der Waals surface area contributed by atoms with Gasteiger partial charge in [-0.3, -0.25) is 0 Å². The Kier molecular flexibility index (Phi) is 6.05. The first-order chi connectivity index (χ1) is 10.1. The highest BCUT2D eigenvalue weighted by atomic mass is 35.5. The number of hydrogen-bond acceptors (Lipinski definition) is 3. The number of halogens is 1. The van der Waals surface area contributed by atoms with Gasteiger partial charge in [0.15, 0.2) is 0 Å². The first-order valence-corrected chi connectivity index (χ1v) is 9.37. The second-order valence-corrected chi connectivity index (χ2v) is 7.74. The molecule has 6 heteroatoms. The number of nitrogens with zero attached hydrogens (tertiary/aromatic N) is 1. The number of nitrogens with one attached hydrogen (secondary N) is 1. The molecule has 0 spiro atoms. The smallest absolute Gasteiger partial charge is 0.243 e. The quantitative estimate of drug-likeness (QED) is 0.816. The average molecular weight is 331 g/mol. The largest absolute Gasteiger partial charge is 0.313 e. The monoisotopic (exact) mass is 330 g/mol. The Hall–Kier alpha value is -0.620. The summed E-state index contributed by atoms with van der Waals surface area (Å²) < 4.78 is 26.7. The van der Waals surface area contributed by atoms with Crippen molar-refractivity contribution in [2.75, 3.05) is 19.6 Å². The minimum atomic E-state index is -3.40. The zero-order chi connectivity index (χ0) is 15.3. The van der Waals surface area contributed by atoms with Gasteiger partial charge >= 0.3 is 0 Å². The zero-order valence-electron chi connectivity index (χ0n) is 12.4. The van der Waals surface area contributed by atoms with E-state index in [1.54, 1.807) is 16.4 Å². The Bertz CT molecular complexity index is 569. The van der Waals surface area contributed by atoms with Crippen LogP contribution in [0.25, 0.3) is 0 Å². The van der Waals surface area contributed by atoms with Crippen molar-refractivity contribution in [3.05, 3.63) is 28.8 Å². The van der Waals surface area contributed by atoms with Gasteiger partial charge in [-0.25, -0.2) is 8.42 Å². The average Bonchev–Trinajstić information content (AvgIpc) is 2.50. The van der Waals surface area contributed by atoms with Crippen LogP contribution in [0.5, 0.6) is 0 Å². The van der Waals surface area contributed by atoms with E-state index < -0.39 is 10.0 Å². The normalized spacial score (nSPS) is 17.0. The lowest BCUT2D eigenvalue weighted by atomic mass is 10.2. The van der Waals surface area contributed by atoms with Crippen molar-refractivity contribution >= 4 is 21.6 Å². The molecule has 21 heavy (non-hydrogen) atoms. The van der Waals surface area contributed by atoms with Crippen LogP contribution in [0.1, 0.15) is 38.2 Å². The van der Waals surface area contributed by atoms with Gasteiger partial charge in [-0.2, -0.15) is 4.31 Å². The van der Waals surface area contributed by atoms with Crippen LogP contribution >= 0.6 is 11.6 Å². The van der Waals surface area contributed by atoms with E-state index in [-0.39, 0.29) is 0 Å². The summed E-state index contributed by atoms with van der Waals surface area (Å²) in [5.74, 6) is 0. The Morgan fingerprint density at radius 2 is 1.95 bits per heavy atom. The Morgan fingerprint density at radius 3 is 2.57 bits per heavy atom. The number of rotatable bonds is 6. The topological polar surface area (TPSA) is 49.4 Å². The maximum atomic E-state index is 12.6. The van der Waals surface area contributed by atoms with Crippen molar-refractivity contribution in [3.63, 3.8) is 0 Å². The summed E-state index contributed by atoms with van der Waals surface area (Å²) in [5.41, 5.74) is 0.933. The van der Waals surface area contributed by atoms with E-state index in [0.29, 0.717) is 29.6 Å². The van der Waals surface area contributed by atoms with Crippen molar-refractivity contribution in [2.45, 2.75) is 44.0 Å². The number of piperidine rings is 1. The summed E-state index contributed by atoms with van der Waals surface area (Å²) in [6.07, 6.45) is 4.03. The SMILES string of the molecule is CCCNCc1ccc(S(=O)(=O)N2CCCCC2)cc1Cl. The van der Waals surface area contributed by atoms with Crippen LogP contribution in [0.15, 0.2) is 23.1 Å². The maximum absolute atomic E-state index is 12.6. The second kappa shape index (κ2) is 7.58. The first-order valence-electron chi connectivity index (χ1n) is 7.55. The maximum Gasteiger partial charge on any atom is 0.243 e. The van der Waals surface area contributed by atoms with E-state index in [4.69, 9.17) is 11.6 Å². The summed E-state index contributed by atoms with van der Waals surface area (Å²) in [5, 5.41) is 3.78. The molecule has 0 aliphatic carbocycles. The van der Waals surface area contributed by atoms with Crippen LogP contribution in [0.4, 0.5) is 0 Å². The molecule has 1 fully saturated rings. The van der Waals surface area contributed by atoms with Gasteiger partial charge in [0.05, 0.1) is 4.90 Å². The van der Waals surface area contributed by atoms with Crippen LogP contribution < -0.4 is 5.32 Å². The van der Waals surface area contributed by atoms with E-state index in [1.165, 1.54) is 0 Å². The van der Waals surface area contributed by atoms with Crippen molar-refractivity contribution < 1.29 is 8.42 Å². The predicted molar refractivity (Wildman–Crippen MR) is 86.1 cm³/mol. The van der Waals surface area contributed by atoms with Gasteiger partial charge in [-0.05, 0) is 43.5 Å². The van der Waals surface area contributed by atoms with Crippen molar-refractivity contribution in [1.82, 2.24) is 9.62 Å². The molecule has 1 aliphatic rings. The highest BCUT2D eigenvalue weighted by molar-refractivity contribution is 7.89. The Labute approximate surface area is 132 Å². The molecule has 1 saturated heterocycles. The molecule has 2 rings (SSSR count). The van der Waals surface area contributed by atoms with Crippen LogP contribution in [-0.2, 0) is 16.6 Å². The van der Waals surface area contributed by atoms with Gasteiger partial charge in [0.2, 0.25) is 10.0 Å². The van der Waals surface area contributed by atoms with Crippen molar-refractivity contribution in [1.29, 1.82) is 0 Å². The fourth-order valence-electron chi connectivity index (χ4n) is 2.49. The minimum absolute atomic E-state index is 0.300. The van der Waals surface area contributed by atoms with E-state index >= 15 is 0 Å². The molecule has 118 valence electrons. The Morgan fingerprint density at radius 1 is 1.24 bits per heavy atom. The molecule has 0 radical (unpaired) electrons. The summed E-state index contributed by atoms with van der Waals surface area (Å²) in [7, 11) is -3.40. The summed E-state index contributed by atoms with van der Waals surface area (Å²) >= 11 is 6.23. The van der Waals surface area contributed by atoms with Gasteiger partial charge in [0.1, 0.15) is 0 Å². The first kappa shape index (κ1) is 16.7. The summed E-state index contributed by atoms with van der Waals surface area (Å²) in [6, 6.07) is 5.05. The van der Waals surface area contributed by atoms with Gasteiger partial charge in [-0.1, -0.05) is 31.0 Å². The molecular formula is C15H23ClN2O2S. The lowest BCUT2D eigenvalue weighted by molar-refractivity contribution is 0.346. The molecule has 1 aliphatic heterocycles. The molecule has 0 atom stereocenters. The van der Waals surface area contributed by atoms with Crippen molar-refractivity contribution in [2.24, 2.45) is 0 Å². The van der Waals surface area contributed by atoms with Crippen LogP contribution in [0.2, 0.25) is 5.02 Å². The van der Waals surface area contributed by atoms with Crippen molar-refractivity contribution in [3.8, 4) is 0 Å². The molecule has 4 nitrogen and oxygen atoms in total. The molecule has 1 N–H and O–H groups in total. The molecule has 0 saturated carbocycles. The molecule has 1 aromatic rings. The highest BCUT2D eigenvalue weighted by Gasteiger charge is 2.26. The van der Waals surface area contributed by atoms with Gasteiger partial charge in [0.25, 0.3) is 0 Å². The molecule has 1 heterocycles. The van der Waals surface area contributed by atoms with Crippen LogP contribution in [0.3, 0.4) is 0 Å². The lowest BCUT2D eigenvalue weighted by Crippen LogP contribution is -2.35. The van der Waals surface area contributed by atoms with Crippen LogP contribution in [0, 0.1) is 0 Å². The third kappa shape index (κ3) is 4.19. The van der Waals surface area contributed by atoms with E-state index in [2.05, 4.69) is 12.2 Å². The number of benzene rings is 1. The van der Waals surface area contributed by atoms with Gasteiger partial charge in [-0.15, -0.1) is 0 Å². The lowest BCUT2D eigenvalue weighted by Gasteiger charge is -2.26. The summed E-state index contributed by atoms with van der Waals surface area (Å²) in [6.45, 7) is 4.91. The molecule has 0 amide bonds. The fraction of sp³-hybridized carbons (Fsp3) is 0.600. The summed E-state index contributed by atoms with van der Waals surface area (Å²) in [4.78, 5) is 0.300. The van der Waals surface area contributed by atoms with E-state index in [0.717, 1.165) is 37.8 Å². The highest BCUT2D eigenvalue weighted by Crippen LogP contribution is 2.25. The molecule has 0 aromatic heterocycles. The van der Waals surface area contributed by atoms with E-state index in [1.807, 2.05) is 6.07 Å². The van der Waals surface area contributed by atoms with Gasteiger partial charge < -0.3 is 5.32 Å². The zero-order valence-corrected chi connectivity index (χ0v) is 14.0. The third-order valence-corrected chi connectivity index (χ3v) is 5.97. The molecule has 0 bridgehead atoms. The Balaban J connectivity index is 2.14. The molecular weight excluding hydrogens is 308 g/mol. The minimum Gasteiger partial charge on any atom is -0.313 e. The third-order valence-electron chi connectivity index (χ3n) is 3.72. The standard InChI is InChI=1S/C15H23ClN2O2S/c1-2-8-17-12-13-6-7-14(11-15(13)16)21(19,20)18-9-4-3-5-10-18/h6-7,11,17H,2-5,8-10,12H2,1H3. The number of hydrogen-bond donors (Lipinski definition) is 1. The molecule has 1 aromatic carbocycles.